The molecule has 2 saturated heterocycles. The van der Waals surface area contributed by atoms with Gasteiger partial charge in [0, 0.05) is 18.6 Å². The maximum Gasteiger partial charge on any atom is 0.410 e. The topological polar surface area (TPSA) is 75.8 Å². The van der Waals surface area contributed by atoms with Gasteiger partial charge in [-0.25, -0.2) is 4.79 Å². The number of amides is 1. The number of rotatable bonds is 1. The van der Waals surface area contributed by atoms with E-state index in [1.165, 1.54) is 0 Å². The van der Waals surface area contributed by atoms with E-state index < -0.39 is 11.2 Å². The van der Waals surface area contributed by atoms with Crippen LogP contribution in [0.3, 0.4) is 0 Å². The number of carbonyl (C=O) groups is 1. The van der Waals surface area contributed by atoms with Gasteiger partial charge in [-0.1, -0.05) is 0 Å². The Kier molecular flexibility index (Phi) is 3.32. The van der Waals surface area contributed by atoms with E-state index in [-0.39, 0.29) is 24.7 Å². The van der Waals surface area contributed by atoms with E-state index in [4.69, 9.17) is 10.5 Å². The summed E-state index contributed by atoms with van der Waals surface area (Å²) in [5.74, 6) is 0. The van der Waals surface area contributed by atoms with Gasteiger partial charge in [-0.05, 0) is 46.5 Å². The minimum absolute atomic E-state index is 0.0761. The molecule has 18 heavy (non-hydrogen) atoms. The van der Waals surface area contributed by atoms with E-state index in [0.717, 1.165) is 12.8 Å². The van der Waals surface area contributed by atoms with Crippen LogP contribution in [0.5, 0.6) is 0 Å². The molecule has 0 aromatic heterocycles. The smallest absolute Gasteiger partial charge is 0.410 e. The molecule has 3 atom stereocenters. The first-order valence-electron chi connectivity index (χ1n) is 6.68. The SMILES string of the molecule is CC(C)(C)OC(=O)N1[C@@H]2CC[C@H]1C[C@@](O)(CN)C2. The van der Waals surface area contributed by atoms with Crippen molar-refractivity contribution in [2.75, 3.05) is 6.54 Å². The summed E-state index contributed by atoms with van der Waals surface area (Å²) < 4.78 is 5.43. The molecule has 2 rings (SSSR count). The Morgan fingerprint density at radius 2 is 1.89 bits per heavy atom. The van der Waals surface area contributed by atoms with Crippen molar-refractivity contribution in [3.05, 3.63) is 0 Å². The van der Waals surface area contributed by atoms with Crippen molar-refractivity contribution in [2.45, 2.75) is 69.7 Å². The fourth-order valence-corrected chi connectivity index (χ4v) is 3.10. The Hall–Kier alpha value is -0.810. The predicted octanol–water partition coefficient (Wildman–Crippen LogP) is 1.24. The first kappa shape index (κ1) is 13.6. The second-order valence-electron chi connectivity index (χ2n) is 6.61. The number of aliphatic hydroxyl groups is 1. The second-order valence-corrected chi connectivity index (χ2v) is 6.61. The highest BCUT2D eigenvalue weighted by atomic mass is 16.6. The van der Waals surface area contributed by atoms with E-state index in [2.05, 4.69) is 0 Å². The molecule has 2 aliphatic rings. The van der Waals surface area contributed by atoms with Crippen LogP contribution in [-0.4, -0.2) is 45.9 Å². The van der Waals surface area contributed by atoms with Gasteiger partial charge in [0.15, 0.2) is 0 Å². The van der Waals surface area contributed by atoms with Crippen LogP contribution in [0, 0.1) is 0 Å². The quantitative estimate of drug-likeness (QED) is 0.740. The number of hydrogen-bond donors (Lipinski definition) is 2. The third kappa shape index (κ3) is 2.62. The predicted molar refractivity (Wildman–Crippen MR) is 68.1 cm³/mol. The largest absolute Gasteiger partial charge is 0.444 e. The highest BCUT2D eigenvalue weighted by Crippen LogP contribution is 2.41. The van der Waals surface area contributed by atoms with Gasteiger partial charge in [0.25, 0.3) is 0 Å². The van der Waals surface area contributed by atoms with Crippen LogP contribution in [0.15, 0.2) is 0 Å². The first-order chi connectivity index (χ1) is 8.24. The summed E-state index contributed by atoms with van der Waals surface area (Å²) in [7, 11) is 0. The van der Waals surface area contributed by atoms with E-state index in [0.29, 0.717) is 12.8 Å². The van der Waals surface area contributed by atoms with Gasteiger partial charge >= 0.3 is 6.09 Å². The molecule has 0 aliphatic carbocycles. The minimum atomic E-state index is -0.801. The molecular formula is C13H24N2O3. The van der Waals surface area contributed by atoms with Crippen molar-refractivity contribution in [3.63, 3.8) is 0 Å². The Labute approximate surface area is 108 Å². The average Bonchev–Trinajstić information content (AvgIpc) is 2.50. The first-order valence-corrected chi connectivity index (χ1v) is 6.68. The van der Waals surface area contributed by atoms with E-state index >= 15 is 0 Å². The number of carbonyl (C=O) groups excluding carboxylic acids is 1. The zero-order chi connectivity index (χ0) is 13.6. The molecule has 104 valence electrons. The van der Waals surface area contributed by atoms with Crippen LogP contribution >= 0.6 is 0 Å². The van der Waals surface area contributed by atoms with E-state index in [1.807, 2.05) is 25.7 Å². The lowest BCUT2D eigenvalue weighted by molar-refractivity contribution is -0.0532. The molecule has 1 amide bonds. The van der Waals surface area contributed by atoms with Gasteiger partial charge in [-0.3, -0.25) is 0 Å². The van der Waals surface area contributed by atoms with Crippen molar-refractivity contribution in [3.8, 4) is 0 Å². The lowest BCUT2D eigenvalue weighted by Gasteiger charge is -2.43. The molecule has 2 fully saturated rings. The Balaban J connectivity index is 2.07. The number of ether oxygens (including phenoxy) is 1. The molecule has 0 aromatic rings. The fraction of sp³-hybridized carbons (Fsp3) is 0.923. The Bertz CT molecular complexity index is 324. The number of nitrogens with zero attached hydrogens (tertiary/aromatic N) is 1. The molecule has 5 nitrogen and oxygen atoms in total. The van der Waals surface area contributed by atoms with E-state index in [1.54, 1.807) is 0 Å². The van der Waals surface area contributed by atoms with Crippen LogP contribution in [-0.2, 0) is 4.74 Å². The lowest BCUT2D eigenvalue weighted by atomic mass is 9.86. The van der Waals surface area contributed by atoms with Crippen LogP contribution in [0.1, 0.15) is 46.5 Å². The van der Waals surface area contributed by atoms with Gasteiger partial charge < -0.3 is 20.5 Å². The highest BCUT2D eigenvalue weighted by Gasteiger charge is 2.49. The summed E-state index contributed by atoms with van der Waals surface area (Å²) >= 11 is 0. The van der Waals surface area contributed by atoms with Crippen molar-refractivity contribution in [1.82, 2.24) is 4.90 Å². The zero-order valence-corrected chi connectivity index (χ0v) is 11.5. The maximum atomic E-state index is 12.2. The van der Waals surface area contributed by atoms with Gasteiger partial charge in [-0.2, -0.15) is 0 Å². The van der Waals surface area contributed by atoms with Crippen LogP contribution < -0.4 is 5.73 Å². The molecule has 0 spiro atoms. The zero-order valence-electron chi connectivity index (χ0n) is 11.5. The van der Waals surface area contributed by atoms with Gasteiger partial charge in [0.05, 0.1) is 5.60 Å². The standard InChI is InChI=1S/C13H24N2O3/c1-12(2,3)18-11(16)15-9-4-5-10(15)7-13(17,6-9)8-14/h9-10,17H,4-8,14H2,1-3H3/t9-,10+,13-. The molecule has 0 saturated carbocycles. The van der Waals surface area contributed by atoms with Gasteiger partial charge in [-0.15, -0.1) is 0 Å². The third-order valence-electron chi connectivity index (χ3n) is 3.84. The van der Waals surface area contributed by atoms with Gasteiger partial charge in [0.2, 0.25) is 0 Å². The fourth-order valence-electron chi connectivity index (χ4n) is 3.10. The molecule has 2 bridgehead atoms. The molecule has 0 radical (unpaired) electrons. The van der Waals surface area contributed by atoms with Crippen molar-refractivity contribution in [1.29, 1.82) is 0 Å². The van der Waals surface area contributed by atoms with Crippen molar-refractivity contribution >= 4 is 6.09 Å². The minimum Gasteiger partial charge on any atom is -0.444 e. The molecule has 0 aromatic carbocycles. The van der Waals surface area contributed by atoms with E-state index in [9.17, 15) is 9.90 Å². The van der Waals surface area contributed by atoms with Crippen LogP contribution in [0.2, 0.25) is 0 Å². The Morgan fingerprint density at radius 3 is 2.28 bits per heavy atom. The number of hydrogen-bond acceptors (Lipinski definition) is 4. The molecule has 0 unspecified atom stereocenters. The maximum absolute atomic E-state index is 12.2. The molecule has 3 N–H and O–H groups in total. The average molecular weight is 256 g/mol. The van der Waals surface area contributed by atoms with Gasteiger partial charge in [0.1, 0.15) is 5.60 Å². The Morgan fingerprint density at radius 1 is 1.39 bits per heavy atom. The summed E-state index contributed by atoms with van der Waals surface area (Å²) in [6.45, 7) is 5.87. The summed E-state index contributed by atoms with van der Waals surface area (Å²) in [5, 5.41) is 10.3. The third-order valence-corrected chi connectivity index (χ3v) is 3.84. The summed E-state index contributed by atoms with van der Waals surface area (Å²) in [6, 6.07) is 0.152. The van der Waals surface area contributed by atoms with Crippen LogP contribution in [0.25, 0.3) is 0 Å². The normalized spacial score (nSPS) is 35.7. The van der Waals surface area contributed by atoms with Crippen molar-refractivity contribution in [2.24, 2.45) is 5.73 Å². The lowest BCUT2D eigenvalue weighted by Crippen LogP contribution is -2.56. The number of piperidine rings is 1. The highest BCUT2D eigenvalue weighted by molar-refractivity contribution is 5.69. The molecule has 2 heterocycles. The molecular weight excluding hydrogens is 232 g/mol. The second kappa shape index (κ2) is 4.38. The summed E-state index contributed by atoms with van der Waals surface area (Å²) in [6.07, 6.45) is 2.76. The summed E-state index contributed by atoms with van der Waals surface area (Å²) in [4.78, 5) is 14.0. The molecule has 2 aliphatic heterocycles. The molecule has 5 heteroatoms. The number of nitrogens with two attached hydrogens (primary N) is 1. The van der Waals surface area contributed by atoms with Crippen LogP contribution in [0.4, 0.5) is 4.79 Å². The number of fused-ring (bicyclic) bond motifs is 2. The van der Waals surface area contributed by atoms with Crippen molar-refractivity contribution < 1.29 is 14.6 Å². The summed E-state index contributed by atoms with van der Waals surface area (Å²) in [5.41, 5.74) is 4.35. The monoisotopic (exact) mass is 256 g/mol.